The van der Waals surface area contributed by atoms with Gasteiger partial charge in [-0.05, 0) is 43.0 Å². The average molecular weight is 395 g/mol. The molecular formula is C25H34N2O2. The van der Waals surface area contributed by atoms with Crippen LogP contribution in [0.25, 0.3) is 0 Å². The van der Waals surface area contributed by atoms with E-state index in [-0.39, 0.29) is 24.9 Å². The SMILES string of the molecule is CCc1ccc2c(c1)[C@H]1O[C@@H](CN(CC)CCO)CC[C@H]1[C@H](c1ccccc1)N2. The second kappa shape index (κ2) is 9.29. The molecule has 0 unspecified atom stereocenters. The van der Waals surface area contributed by atoms with Crippen molar-refractivity contribution in [3.8, 4) is 0 Å². The molecule has 2 aromatic carbocycles. The van der Waals surface area contributed by atoms with Crippen LogP contribution in [-0.2, 0) is 11.2 Å². The van der Waals surface area contributed by atoms with Gasteiger partial charge in [0.1, 0.15) is 0 Å². The molecule has 4 rings (SSSR count). The van der Waals surface area contributed by atoms with E-state index in [1.165, 1.54) is 22.4 Å². The number of fused-ring (bicyclic) bond motifs is 3. The number of ether oxygens (including phenoxy) is 1. The summed E-state index contributed by atoms with van der Waals surface area (Å²) in [5, 5.41) is 13.2. The van der Waals surface area contributed by atoms with Crippen LogP contribution in [0.4, 0.5) is 5.69 Å². The van der Waals surface area contributed by atoms with Crippen molar-refractivity contribution in [1.82, 2.24) is 4.90 Å². The largest absolute Gasteiger partial charge is 0.395 e. The summed E-state index contributed by atoms with van der Waals surface area (Å²) in [6.45, 7) is 7.12. The standard InChI is InChI=1S/C25H34N2O2/c1-3-18-10-13-23-22(16-18)25-21(24(26-23)19-8-6-5-7-9-19)12-11-20(29-25)17-27(4-2)14-15-28/h5-10,13,16,20-21,24-26,28H,3-4,11-12,14-15,17H2,1-2H3/t20-,21+,24+,25+/m1/s1. The Balaban J connectivity index is 1.63. The number of aryl methyl sites for hydroxylation is 1. The van der Waals surface area contributed by atoms with E-state index in [1.54, 1.807) is 0 Å². The van der Waals surface area contributed by atoms with Crippen LogP contribution in [0.3, 0.4) is 0 Å². The number of hydrogen-bond acceptors (Lipinski definition) is 4. The molecule has 4 heteroatoms. The lowest BCUT2D eigenvalue weighted by Gasteiger charge is -2.46. The summed E-state index contributed by atoms with van der Waals surface area (Å²) in [4.78, 5) is 2.30. The molecule has 2 N–H and O–H groups in total. The van der Waals surface area contributed by atoms with E-state index < -0.39 is 0 Å². The van der Waals surface area contributed by atoms with Gasteiger partial charge in [0.15, 0.2) is 0 Å². The van der Waals surface area contributed by atoms with E-state index in [2.05, 4.69) is 72.6 Å². The molecule has 0 bridgehead atoms. The van der Waals surface area contributed by atoms with Crippen molar-refractivity contribution in [3.05, 3.63) is 65.2 Å². The van der Waals surface area contributed by atoms with Crippen LogP contribution in [0.1, 0.15) is 55.5 Å². The highest BCUT2D eigenvalue weighted by atomic mass is 16.5. The molecule has 2 aliphatic rings. The number of aliphatic hydroxyl groups is 1. The lowest BCUT2D eigenvalue weighted by atomic mass is 9.76. The molecule has 0 radical (unpaired) electrons. The van der Waals surface area contributed by atoms with Crippen LogP contribution in [0.15, 0.2) is 48.5 Å². The molecule has 0 aromatic heterocycles. The van der Waals surface area contributed by atoms with Gasteiger partial charge in [-0.25, -0.2) is 0 Å². The van der Waals surface area contributed by atoms with Crippen molar-refractivity contribution >= 4 is 5.69 Å². The molecule has 2 heterocycles. The first-order valence-electron chi connectivity index (χ1n) is 11.2. The highest BCUT2D eigenvalue weighted by molar-refractivity contribution is 5.58. The van der Waals surface area contributed by atoms with Gasteiger partial charge in [0.05, 0.1) is 24.9 Å². The van der Waals surface area contributed by atoms with E-state index >= 15 is 0 Å². The molecule has 156 valence electrons. The Morgan fingerprint density at radius 2 is 1.93 bits per heavy atom. The van der Waals surface area contributed by atoms with Gasteiger partial charge in [0.25, 0.3) is 0 Å². The third-order valence-corrected chi connectivity index (χ3v) is 6.60. The zero-order valence-corrected chi connectivity index (χ0v) is 17.7. The lowest BCUT2D eigenvalue weighted by Crippen LogP contribution is -2.43. The van der Waals surface area contributed by atoms with E-state index in [4.69, 9.17) is 4.74 Å². The number of hydrogen-bond donors (Lipinski definition) is 2. The predicted octanol–water partition coefficient (Wildman–Crippen LogP) is 4.57. The fourth-order valence-electron chi connectivity index (χ4n) is 4.96. The van der Waals surface area contributed by atoms with E-state index in [0.29, 0.717) is 5.92 Å². The van der Waals surface area contributed by atoms with Crippen molar-refractivity contribution in [1.29, 1.82) is 0 Å². The molecule has 4 atom stereocenters. The Kier molecular flexibility index (Phi) is 6.53. The summed E-state index contributed by atoms with van der Waals surface area (Å²) in [7, 11) is 0. The molecule has 4 nitrogen and oxygen atoms in total. The maximum Gasteiger partial charge on any atom is 0.0900 e. The third kappa shape index (κ3) is 4.35. The first-order valence-corrected chi connectivity index (χ1v) is 11.2. The Morgan fingerprint density at radius 3 is 2.66 bits per heavy atom. The Bertz CT molecular complexity index is 795. The summed E-state index contributed by atoms with van der Waals surface area (Å²) >= 11 is 0. The van der Waals surface area contributed by atoms with E-state index in [0.717, 1.165) is 38.9 Å². The minimum Gasteiger partial charge on any atom is -0.395 e. The zero-order valence-electron chi connectivity index (χ0n) is 17.7. The third-order valence-electron chi connectivity index (χ3n) is 6.60. The zero-order chi connectivity index (χ0) is 20.2. The molecule has 1 fully saturated rings. The fraction of sp³-hybridized carbons (Fsp3) is 0.520. The van der Waals surface area contributed by atoms with Crippen LogP contribution in [0.5, 0.6) is 0 Å². The smallest absolute Gasteiger partial charge is 0.0900 e. The summed E-state index contributed by atoms with van der Waals surface area (Å²) in [5.41, 5.74) is 5.23. The lowest BCUT2D eigenvalue weighted by molar-refractivity contribution is -0.103. The van der Waals surface area contributed by atoms with Crippen LogP contribution in [0, 0.1) is 5.92 Å². The van der Waals surface area contributed by atoms with Crippen LogP contribution in [0.2, 0.25) is 0 Å². The summed E-state index contributed by atoms with van der Waals surface area (Å²) < 4.78 is 6.78. The molecule has 0 spiro atoms. The topological polar surface area (TPSA) is 44.7 Å². The van der Waals surface area contributed by atoms with Gasteiger partial charge < -0.3 is 15.2 Å². The first kappa shape index (κ1) is 20.4. The maximum atomic E-state index is 9.34. The molecular weight excluding hydrogens is 360 g/mol. The van der Waals surface area contributed by atoms with Gasteiger partial charge in [-0.3, -0.25) is 4.90 Å². The van der Waals surface area contributed by atoms with E-state index in [9.17, 15) is 5.11 Å². The van der Waals surface area contributed by atoms with Crippen molar-refractivity contribution in [2.24, 2.45) is 5.92 Å². The molecule has 29 heavy (non-hydrogen) atoms. The van der Waals surface area contributed by atoms with Gasteiger partial charge in [0.2, 0.25) is 0 Å². The number of anilines is 1. The normalized spacial score (nSPS) is 25.9. The number of rotatable bonds is 7. The molecule has 0 amide bonds. The van der Waals surface area contributed by atoms with Crippen molar-refractivity contribution in [2.45, 2.75) is 51.4 Å². The summed E-state index contributed by atoms with van der Waals surface area (Å²) in [5.74, 6) is 0.432. The molecule has 2 aromatic rings. The molecule has 0 aliphatic carbocycles. The van der Waals surface area contributed by atoms with Crippen LogP contribution < -0.4 is 5.32 Å². The number of aliphatic hydroxyl groups excluding tert-OH is 1. The molecule has 0 saturated carbocycles. The van der Waals surface area contributed by atoms with Crippen LogP contribution >= 0.6 is 0 Å². The number of nitrogens with zero attached hydrogens (tertiary/aromatic N) is 1. The Labute approximate surface area is 174 Å². The summed E-state index contributed by atoms with van der Waals surface area (Å²) in [6, 6.07) is 17.9. The van der Waals surface area contributed by atoms with Crippen molar-refractivity contribution in [2.75, 3.05) is 31.6 Å². The highest BCUT2D eigenvalue weighted by Gasteiger charge is 2.42. The first-order chi connectivity index (χ1) is 14.2. The fourth-order valence-corrected chi connectivity index (χ4v) is 4.96. The number of likely N-dealkylation sites (N-methyl/N-ethyl adjacent to an activating group) is 1. The highest BCUT2D eigenvalue weighted by Crippen LogP contribution is 2.50. The number of benzene rings is 2. The van der Waals surface area contributed by atoms with Crippen LogP contribution in [-0.4, -0.2) is 42.4 Å². The average Bonchev–Trinajstić information content (AvgIpc) is 2.78. The Hall–Kier alpha value is -1.88. The molecule has 1 saturated heterocycles. The van der Waals surface area contributed by atoms with Gasteiger partial charge >= 0.3 is 0 Å². The van der Waals surface area contributed by atoms with Gasteiger partial charge in [-0.15, -0.1) is 0 Å². The number of nitrogens with one attached hydrogen (secondary N) is 1. The van der Waals surface area contributed by atoms with E-state index in [1.807, 2.05) is 0 Å². The quantitative estimate of drug-likeness (QED) is 0.722. The second-order valence-electron chi connectivity index (χ2n) is 8.34. The van der Waals surface area contributed by atoms with Gasteiger partial charge in [-0.1, -0.05) is 56.3 Å². The monoisotopic (exact) mass is 394 g/mol. The molecule has 2 aliphatic heterocycles. The minimum absolute atomic E-state index is 0.120. The summed E-state index contributed by atoms with van der Waals surface area (Å²) in [6.07, 6.45) is 3.59. The van der Waals surface area contributed by atoms with Crippen molar-refractivity contribution in [3.63, 3.8) is 0 Å². The minimum atomic E-state index is 0.120. The van der Waals surface area contributed by atoms with Gasteiger partial charge in [-0.2, -0.15) is 0 Å². The van der Waals surface area contributed by atoms with Gasteiger partial charge in [0, 0.05) is 30.3 Å². The predicted molar refractivity (Wildman–Crippen MR) is 118 cm³/mol. The second-order valence-corrected chi connectivity index (χ2v) is 8.34. The Morgan fingerprint density at radius 1 is 1.10 bits per heavy atom. The van der Waals surface area contributed by atoms with Crippen molar-refractivity contribution < 1.29 is 9.84 Å². The maximum absolute atomic E-state index is 9.34.